The highest BCUT2D eigenvalue weighted by atomic mass is 32.1. The van der Waals surface area contributed by atoms with E-state index in [0.717, 1.165) is 23.4 Å². The maximum absolute atomic E-state index is 12.5. The Morgan fingerprint density at radius 2 is 2.00 bits per heavy atom. The summed E-state index contributed by atoms with van der Waals surface area (Å²) in [5, 5.41) is 15.1. The van der Waals surface area contributed by atoms with Crippen LogP contribution in [0.5, 0.6) is 0 Å². The lowest BCUT2D eigenvalue weighted by Crippen LogP contribution is -2.15. The van der Waals surface area contributed by atoms with E-state index in [1.807, 2.05) is 6.92 Å². The minimum atomic E-state index is -0.367. The normalized spacial score (nSPS) is 13.4. The molecule has 132 valence electrons. The largest absolute Gasteiger partial charge is 0.459 e. The van der Waals surface area contributed by atoms with Crippen molar-refractivity contribution in [2.75, 3.05) is 10.6 Å². The zero-order chi connectivity index (χ0) is 18.1. The van der Waals surface area contributed by atoms with Gasteiger partial charge in [-0.15, -0.1) is 10.2 Å². The number of anilines is 2. The molecular weight excluding hydrogens is 352 g/mol. The van der Waals surface area contributed by atoms with E-state index in [4.69, 9.17) is 4.42 Å². The van der Waals surface area contributed by atoms with E-state index in [-0.39, 0.29) is 17.6 Å². The Kier molecular flexibility index (Phi) is 4.26. The SMILES string of the molecule is Cc1ccc(C(=O)Nc2nnc(C3CC3)s2)cc1NC(=O)c1ccco1. The van der Waals surface area contributed by atoms with Gasteiger partial charge in [-0.1, -0.05) is 17.4 Å². The van der Waals surface area contributed by atoms with Gasteiger partial charge in [0, 0.05) is 17.2 Å². The van der Waals surface area contributed by atoms with Crippen LogP contribution in [-0.2, 0) is 0 Å². The summed E-state index contributed by atoms with van der Waals surface area (Å²) in [6.07, 6.45) is 3.71. The number of hydrogen-bond acceptors (Lipinski definition) is 6. The van der Waals surface area contributed by atoms with Crippen molar-refractivity contribution in [1.29, 1.82) is 0 Å². The summed E-state index contributed by atoms with van der Waals surface area (Å²) in [6.45, 7) is 1.85. The fourth-order valence-electron chi connectivity index (χ4n) is 2.44. The topological polar surface area (TPSA) is 97.1 Å². The molecule has 4 rings (SSSR count). The van der Waals surface area contributed by atoms with Gasteiger partial charge in [0.05, 0.1) is 6.26 Å². The summed E-state index contributed by atoms with van der Waals surface area (Å²) in [5.74, 6) is 0.0486. The molecule has 0 radical (unpaired) electrons. The van der Waals surface area contributed by atoms with Gasteiger partial charge in [0.2, 0.25) is 5.13 Å². The summed E-state index contributed by atoms with van der Waals surface area (Å²) in [5.41, 5.74) is 1.82. The molecule has 0 bridgehead atoms. The Morgan fingerprint density at radius 3 is 2.73 bits per heavy atom. The molecular formula is C18H16N4O3S. The van der Waals surface area contributed by atoms with Crippen molar-refractivity contribution in [2.45, 2.75) is 25.7 Å². The van der Waals surface area contributed by atoms with Crippen molar-refractivity contribution in [3.63, 3.8) is 0 Å². The number of aromatic nitrogens is 2. The molecule has 0 saturated heterocycles. The third-order valence-corrected chi connectivity index (χ3v) is 5.08. The number of carbonyl (C=O) groups excluding carboxylic acids is 2. The molecule has 2 N–H and O–H groups in total. The quantitative estimate of drug-likeness (QED) is 0.713. The number of nitrogens with one attached hydrogen (secondary N) is 2. The summed E-state index contributed by atoms with van der Waals surface area (Å²) in [6, 6.07) is 8.34. The highest BCUT2D eigenvalue weighted by Crippen LogP contribution is 2.42. The number of amides is 2. The molecule has 7 nitrogen and oxygen atoms in total. The lowest BCUT2D eigenvalue weighted by Gasteiger charge is -2.09. The lowest BCUT2D eigenvalue weighted by atomic mass is 10.1. The van der Waals surface area contributed by atoms with Gasteiger partial charge in [0.25, 0.3) is 11.8 Å². The molecule has 26 heavy (non-hydrogen) atoms. The van der Waals surface area contributed by atoms with Crippen molar-refractivity contribution in [3.8, 4) is 0 Å². The summed E-state index contributed by atoms with van der Waals surface area (Å²) < 4.78 is 5.09. The molecule has 1 fully saturated rings. The van der Waals surface area contributed by atoms with Crippen LogP contribution in [0.2, 0.25) is 0 Å². The zero-order valence-electron chi connectivity index (χ0n) is 14.0. The first-order valence-electron chi connectivity index (χ1n) is 8.20. The van der Waals surface area contributed by atoms with Crippen molar-refractivity contribution in [3.05, 3.63) is 58.5 Å². The van der Waals surface area contributed by atoms with E-state index in [2.05, 4.69) is 20.8 Å². The van der Waals surface area contributed by atoms with Gasteiger partial charge in [-0.25, -0.2) is 0 Å². The minimum absolute atomic E-state index is 0.209. The number of nitrogens with zero attached hydrogens (tertiary/aromatic N) is 2. The van der Waals surface area contributed by atoms with Gasteiger partial charge in [-0.05, 0) is 49.6 Å². The molecule has 0 spiro atoms. The first-order chi connectivity index (χ1) is 12.6. The molecule has 0 atom stereocenters. The van der Waals surface area contributed by atoms with Crippen LogP contribution in [0.1, 0.15) is 50.2 Å². The molecule has 2 aromatic heterocycles. The van der Waals surface area contributed by atoms with E-state index in [1.165, 1.54) is 17.6 Å². The highest BCUT2D eigenvalue weighted by molar-refractivity contribution is 7.15. The van der Waals surface area contributed by atoms with Crippen LogP contribution in [0.15, 0.2) is 41.0 Å². The second-order valence-electron chi connectivity index (χ2n) is 6.13. The van der Waals surface area contributed by atoms with Crippen LogP contribution in [-0.4, -0.2) is 22.0 Å². The number of furan rings is 1. The predicted molar refractivity (Wildman–Crippen MR) is 97.7 cm³/mol. The number of aryl methyl sites for hydroxylation is 1. The Morgan fingerprint density at radius 1 is 1.15 bits per heavy atom. The van der Waals surface area contributed by atoms with Crippen molar-refractivity contribution < 1.29 is 14.0 Å². The Labute approximate surface area is 153 Å². The molecule has 2 heterocycles. The van der Waals surface area contributed by atoms with E-state index in [0.29, 0.717) is 22.3 Å². The fraction of sp³-hybridized carbons (Fsp3) is 0.222. The Balaban J connectivity index is 1.48. The van der Waals surface area contributed by atoms with Crippen molar-refractivity contribution >= 4 is 34.0 Å². The molecule has 1 aromatic carbocycles. The van der Waals surface area contributed by atoms with Crippen LogP contribution in [0.3, 0.4) is 0 Å². The molecule has 1 aliphatic carbocycles. The second-order valence-corrected chi connectivity index (χ2v) is 7.14. The van der Waals surface area contributed by atoms with Gasteiger partial charge >= 0.3 is 0 Å². The van der Waals surface area contributed by atoms with E-state index < -0.39 is 0 Å². The third kappa shape index (κ3) is 3.50. The lowest BCUT2D eigenvalue weighted by molar-refractivity contribution is 0.0993. The standard InChI is InChI=1S/C18H16N4O3S/c1-10-4-5-12(9-13(10)19-16(24)14-3-2-8-25-14)15(23)20-18-22-21-17(26-18)11-6-7-11/h2-5,8-9,11H,6-7H2,1H3,(H,19,24)(H,20,22,23). The maximum Gasteiger partial charge on any atom is 0.291 e. The van der Waals surface area contributed by atoms with Crippen LogP contribution >= 0.6 is 11.3 Å². The molecule has 2 amide bonds. The van der Waals surface area contributed by atoms with Crippen LogP contribution < -0.4 is 10.6 Å². The predicted octanol–water partition coefficient (Wildman–Crippen LogP) is 3.82. The molecule has 1 saturated carbocycles. The van der Waals surface area contributed by atoms with Gasteiger partial charge < -0.3 is 9.73 Å². The van der Waals surface area contributed by atoms with Crippen molar-refractivity contribution in [2.24, 2.45) is 0 Å². The van der Waals surface area contributed by atoms with Gasteiger partial charge in [0.15, 0.2) is 5.76 Å². The Bertz CT molecular complexity index is 961. The summed E-state index contributed by atoms with van der Waals surface area (Å²) in [4.78, 5) is 24.6. The molecule has 0 aliphatic heterocycles. The fourth-order valence-corrected chi connectivity index (χ4v) is 3.35. The first-order valence-corrected chi connectivity index (χ1v) is 9.02. The van der Waals surface area contributed by atoms with Crippen LogP contribution in [0, 0.1) is 6.92 Å². The molecule has 1 aliphatic rings. The number of rotatable bonds is 5. The second kappa shape index (κ2) is 6.72. The van der Waals surface area contributed by atoms with E-state index in [9.17, 15) is 9.59 Å². The minimum Gasteiger partial charge on any atom is -0.459 e. The smallest absolute Gasteiger partial charge is 0.291 e. The van der Waals surface area contributed by atoms with Gasteiger partial charge in [-0.3, -0.25) is 14.9 Å². The average Bonchev–Trinajstić information content (AvgIpc) is 3.13. The summed E-state index contributed by atoms with van der Waals surface area (Å²) >= 11 is 1.41. The maximum atomic E-state index is 12.5. The number of carbonyl (C=O) groups is 2. The summed E-state index contributed by atoms with van der Waals surface area (Å²) in [7, 11) is 0. The number of hydrogen-bond donors (Lipinski definition) is 2. The highest BCUT2D eigenvalue weighted by Gasteiger charge is 2.27. The average molecular weight is 368 g/mol. The third-order valence-electron chi connectivity index (χ3n) is 4.08. The van der Waals surface area contributed by atoms with E-state index >= 15 is 0 Å². The van der Waals surface area contributed by atoms with Crippen molar-refractivity contribution in [1.82, 2.24) is 10.2 Å². The Hall–Kier alpha value is -3.00. The number of benzene rings is 1. The first kappa shape index (κ1) is 16.5. The van der Waals surface area contributed by atoms with Gasteiger partial charge in [-0.2, -0.15) is 0 Å². The molecule has 0 unspecified atom stereocenters. The van der Waals surface area contributed by atoms with Gasteiger partial charge in [0.1, 0.15) is 5.01 Å². The molecule has 8 heteroatoms. The van der Waals surface area contributed by atoms with E-state index in [1.54, 1.807) is 30.3 Å². The zero-order valence-corrected chi connectivity index (χ0v) is 14.8. The van der Waals surface area contributed by atoms with Crippen LogP contribution in [0.25, 0.3) is 0 Å². The molecule has 3 aromatic rings. The monoisotopic (exact) mass is 368 g/mol. The van der Waals surface area contributed by atoms with Crippen LogP contribution in [0.4, 0.5) is 10.8 Å².